The van der Waals surface area contributed by atoms with E-state index in [1.807, 2.05) is 18.2 Å². The van der Waals surface area contributed by atoms with Crippen LogP contribution in [0.25, 0.3) is 0 Å². The van der Waals surface area contributed by atoms with Crippen molar-refractivity contribution in [2.24, 2.45) is 0 Å². The van der Waals surface area contributed by atoms with E-state index in [1.54, 1.807) is 6.26 Å². The Hall–Kier alpha value is -2.64. The Kier molecular flexibility index (Phi) is 6.62. The molecule has 1 aromatic carbocycles. The number of methoxy groups -OCH3 is 1. The summed E-state index contributed by atoms with van der Waals surface area (Å²) in [6.45, 7) is 2.59. The van der Waals surface area contributed by atoms with Gasteiger partial charge in [-0.3, -0.25) is 14.5 Å². The number of ether oxygens (including phenoxy) is 1. The Morgan fingerprint density at radius 2 is 1.93 bits per heavy atom. The van der Waals surface area contributed by atoms with E-state index in [1.165, 1.54) is 18.2 Å². The minimum atomic E-state index is -0.658. The lowest BCUT2D eigenvalue weighted by Crippen LogP contribution is -2.45. The normalized spacial score (nSPS) is 15.0. The second-order valence-electron chi connectivity index (χ2n) is 6.48. The van der Waals surface area contributed by atoms with Crippen LogP contribution in [0.15, 0.2) is 47.1 Å². The van der Waals surface area contributed by atoms with Crippen LogP contribution in [0, 0.1) is 0 Å². The van der Waals surface area contributed by atoms with E-state index >= 15 is 0 Å². The minimum absolute atomic E-state index is 0.135. The molecule has 27 heavy (non-hydrogen) atoms. The van der Waals surface area contributed by atoms with Crippen molar-refractivity contribution < 1.29 is 18.7 Å². The number of nitrogens with zero attached hydrogens (tertiary/aromatic N) is 1. The van der Waals surface area contributed by atoms with Gasteiger partial charge < -0.3 is 19.8 Å². The smallest absolute Gasteiger partial charge is 0.309 e. The van der Waals surface area contributed by atoms with Crippen LogP contribution < -0.4 is 10.6 Å². The molecule has 7 heteroatoms. The molecule has 0 unspecified atom stereocenters. The fraction of sp³-hybridized carbons (Fsp3) is 0.400. The summed E-state index contributed by atoms with van der Waals surface area (Å²) < 4.78 is 10.5. The molecule has 2 heterocycles. The maximum atomic E-state index is 12.1. The highest BCUT2D eigenvalue weighted by Gasteiger charge is 2.27. The van der Waals surface area contributed by atoms with Gasteiger partial charge in [-0.25, -0.2) is 0 Å². The third-order valence-corrected chi connectivity index (χ3v) is 4.73. The second kappa shape index (κ2) is 9.34. The Balaban J connectivity index is 1.63. The molecule has 1 atom stereocenters. The Bertz CT molecular complexity index is 760. The van der Waals surface area contributed by atoms with Crippen molar-refractivity contribution in [2.45, 2.75) is 19.0 Å². The number of hydrogen-bond acceptors (Lipinski definition) is 5. The fourth-order valence-electron chi connectivity index (χ4n) is 3.29. The number of carbonyl (C=O) groups excluding carboxylic acids is 2. The van der Waals surface area contributed by atoms with Crippen LogP contribution in [-0.4, -0.2) is 50.1 Å². The summed E-state index contributed by atoms with van der Waals surface area (Å²) in [7, 11) is 1.54. The molecule has 144 valence electrons. The van der Waals surface area contributed by atoms with Crippen molar-refractivity contribution in [3.05, 3.63) is 59.5 Å². The molecule has 0 fully saturated rings. The molecule has 0 aliphatic carbocycles. The second-order valence-corrected chi connectivity index (χ2v) is 6.48. The van der Waals surface area contributed by atoms with E-state index in [-0.39, 0.29) is 6.04 Å². The lowest BCUT2D eigenvalue weighted by Gasteiger charge is -2.34. The molecule has 0 radical (unpaired) electrons. The first-order chi connectivity index (χ1) is 13.2. The standard InChI is InChI=1S/C20H25N3O4/c1-26-12-9-21-19(24)20(25)22-13-17(18-7-4-11-27-18)23-10-8-15-5-2-3-6-16(15)14-23/h2-7,11,17H,8-10,12-14H2,1H3,(H,21,24)(H,22,25)/t17-/m0/s1. The van der Waals surface area contributed by atoms with Crippen molar-refractivity contribution >= 4 is 11.8 Å². The zero-order chi connectivity index (χ0) is 19.1. The number of rotatable bonds is 7. The van der Waals surface area contributed by atoms with E-state index in [0.29, 0.717) is 19.7 Å². The number of fused-ring (bicyclic) bond motifs is 1. The van der Waals surface area contributed by atoms with Gasteiger partial charge in [0.25, 0.3) is 0 Å². The molecule has 1 aliphatic heterocycles. The first kappa shape index (κ1) is 19.1. The predicted molar refractivity (Wildman–Crippen MR) is 99.9 cm³/mol. The number of amides is 2. The SMILES string of the molecule is COCCNC(=O)C(=O)NC[C@@H](c1ccco1)N1CCc2ccccc2C1. The average Bonchev–Trinajstić information content (AvgIpc) is 3.22. The van der Waals surface area contributed by atoms with Gasteiger partial charge in [0.05, 0.1) is 18.9 Å². The predicted octanol–water partition coefficient (Wildman–Crippen LogP) is 1.26. The van der Waals surface area contributed by atoms with Gasteiger partial charge in [0, 0.05) is 33.3 Å². The molecule has 7 nitrogen and oxygen atoms in total. The highest BCUT2D eigenvalue weighted by atomic mass is 16.5. The van der Waals surface area contributed by atoms with Crippen LogP contribution in [0.3, 0.4) is 0 Å². The molecule has 2 aromatic rings. The van der Waals surface area contributed by atoms with Crippen LogP contribution >= 0.6 is 0 Å². The van der Waals surface area contributed by atoms with Crippen molar-refractivity contribution in [2.75, 3.05) is 33.4 Å². The summed E-state index contributed by atoms with van der Waals surface area (Å²) in [6.07, 6.45) is 2.57. The number of carbonyl (C=O) groups is 2. The quantitative estimate of drug-likeness (QED) is 0.565. The maximum absolute atomic E-state index is 12.1. The molecular formula is C20H25N3O4. The van der Waals surface area contributed by atoms with E-state index in [2.05, 4.69) is 33.7 Å². The molecule has 2 amide bonds. The van der Waals surface area contributed by atoms with Crippen molar-refractivity contribution in [1.29, 1.82) is 0 Å². The van der Waals surface area contributed by atoms with Gasteiger partial charge in [0.15, 0.2) is 0 Å². The van der Waals surface area contributed by atoms with Crippen molar-refractivity contribution in [3.63, 3.8) is 0 Å². The van der Waals surface area contributed by atoms with Crippen LogP contribution in [-0.2, 0) is 27.3 Å². The summed E-state index contributed by atoms with van der Waals surface area (Å²) in [5.74, 6) is -0.538. The average molecular weight is 371 g/mol. The lowest BCUT2D eigenvalue weighted by molar-refractivity contribution is -0.139. The van der Waals surface area contributed by atoms with Gasteiger partial charge in [0.2, 0.25) is 0 Å². The van der Waals surface area contributed by atoms with Gasteiger partial charge in [0.1, 0.15) is 5.76 Å². The van der Waals surface area contributed by atoms with Gasteiger partial charge in [-0.05, 0) is 29.7 Å². The molecule has 3 rings (SSSR count). The number of benzene rings is 1. The largest absolute Gasteiger partial charge is 0.468 e. The van der Waals surface area contributed by atoms with Gasteiger partial charge in [-0.15, -0.1) is 0 Å². The summed E-state index contributed by atoms with van der Waals surface area (Å²) in [5, 5.41) is 5.25. The molecule has 2 N–H and O–H groups in total. The molecule has 1 aromatic heterocycles. The van der Waals surface area contributed by atoms with Crippen molar-refractivity contribution in [3.8, 4) is 0 Å². The van der Waals surface area contributed by atoms with E-state index < -0.39 is 11.8 Å². The fourth-order valence-corrected chi connectivity index (χ4v) is 3.29. The van der Waals surface area contributed by atoms with Gasteiger partial charge in [-0.2, -0.15) is 0 Å². The summed E-state index contributed by atoms with van der Waals surface area (Å²) >= 11 is 0. The molecule has 0 spiro atoms. The molecule has 1 aliphatic rings. The summed E-state index contributed by atoms with van der Waals surface area (Å²) in [6, 6.07) is 12.0. The number of furan rings is 1. The summed E-state index contributed by atoms with van der Waals surface area (Å²) in [5.41, 5.74) is 2.64. The zero-order valence-corrected chi connectivity index (χ0v) is 15.4. The first-order valence-electron chi connectivity index (χ1n) is 9.08. The Morgan fingerprint density at radius 3 is 2.67 bits per heavy atom. The van der Waals surface area contributed by atoms with Crippen LogP contribution in [0.4, 0.5) is 0 Å². The van der Waals surface area contributed by atoms with Gasteiger partial charge in [-0.1, -0.05) is 24.3 Å². The highest BCUT2D eigenvalue weighted by Crippen LogP contribution is 2.27. The number of hydrogen-bond donors (Lipinski definition) is 2. The van der Waals surface area contributed by atoms with Gasteiger partial charge >= 0.3 is 11.8 Å². The van der Waals surface area contributed by atoms with Crippen LogP contribution in [0.5, 0.6) is 0 Å². The highest BCUT2D eigenvalue weighted by molar-refractivity contribution is 6.35. The maximum Gasteiger partial charge on any atom is 0.309 e. The Labute approximate surface area is 158 Å². The van der Waals surface area contributed by atoms with E-state index in [9.17, 15) is 9.59 Å². The minimum Gasteiger partial charge on any atom is -0.468 e. The van der Waals surface area contributed by atoms with Crippen molar-refractivity contribution in [1.82, 2.24) is 15.5 Å². The zero-order valence-electron chi connectivity index (χ0n) is 15.4. The first-order valence-corrected chi connectivity index (χ1v) is 9.08. The molecule has 0 saturated carbocycles. The Morgan fingerprint density at radius 1 is 1.15 bits per heavy atom. The topological polar surface area (TPSA) is 83.8 Å². The lowest BCUT2D eigenvalue weighted by atomic mass is 9.98. The monoisotopic (exact) mass is 371 g/mol. The molecule has 0 saturated heterocycles. The molecule has 0 bridgehead atoms. The van der Waals surface area contributed by atoms with E-state index in [4.69, 9.17) is 9.15 Å². The summed E-state index contributed by atoms with van der Waals surface area (Å²) in [4.78, 5) is 26.2. The number of nitrogens with one attached hydrogen (secondary N) is 2. The third kappa shape index (κ3) is 4.96. The molecular weight excluding hydrogens is 346 g/mol. The van der Waals surface area contributed by atoms with Crippen LogP contribution in [0.1, 0.15) is 22.9 Å². The van der Waals surface area contributed by atoms with Crippen LogP contribution in [0.2, 0.25) is 0 Å². The third-order valence-electron chi connectivity index (χ3n) is 4.73. The van der Waals surface area contributed by atoms with E-state index in [0.717, 1.165) is 25.3 Å².